The predicted molar refractivity (Wildman–Crippen MR) is 84.6 cm³/mol. The van der Waals surface area contributed by atoms with Crippen molar-refractivity contribution in [2.45, 2.75) is 32.9 Å². The minimum atomic E-state index is -0.614. The minimum absolute atomic E-state index is 0.163. The molecular weight excluding hydrogens is 286 g/mol. The molecule has 1 aromatic heterocycles. The summed E-state index contributed by atoms with van der Waals surface area (Å²) in [6.45, 7) is 6.41. The number of amides is 1. The highest BCUT2D eigenvalue weighted by atomic mass is 35.5. The van der Waals surface area contributed by atoms with Gasteiger partial charge in [-0.05, 0) is 32.4 Å². The lowest BCUT2D eigenvalue weighted by atomic mass is 9.94. The van der Waals surface area contributed by atoms with Crippen molar-refractivity contribution in [3.63, 3.8) is 0 Å². The molecule has 0 saturated carbocycles. The van der Waals surface area contributed by atoms with E-state index in [-0.39, 0.29) is 5.91 Å². The van der Waals surface area contributed by atoms with Gasteiger partial charge in [-0.2, -0.15) is 5.10 Å². The lowest BCUT2D eigenvalue weighted by Gasteiger charge is -2.29. The fourth-order valence-corrected chi connectivity index (χ4v) is 2.49. The van der Waals surface area contributed by atoms with Gasteiger partial charge >= 0.3 is 0 Å². The third-order valence-electron chi connectivity index (χ3n) is 3.50. The summed E-state index contributed by atoms with van der Waals surface area (Å²) in [5, 5.41) is 7.33. The second-order valence-corrected chi connectivity index (χ2v) is 5.54. The van der Waals surface area contributed by atoms with Gasteiger partial charge in [0.1, 0.15) is 5.69 Å². The molecule has 1 amide bonds. The highest BCUT2D eigenvalue weighted by Crippen LogP contribution is 2.23. The van der Waals surface area contributed by atoms with E-state index < -0.39 is 5.54 Å². The Morgan fingerprint density at radius 2 is 2.05 bits per heavy atom. The number of carbonyl (C=O) groups is 1. The number of hydrogen-bond acceptors (Lipinski definition) is 2. The monoisotopic (exact) mass is 305 g/mol. The van der Waals surface area contributed by atoms with Crippen LogP contribution in [0.15, 0.2) is 36.4 Å². The van der Waals surface area contributed by atoms with Crippen LogP contribution < -0.4 is 5.32 Å². The van der Waals surface area contributed by atoms with Crippen LogP contribution in [0.4, 0.5) is 0 Å². The van der Waals surface area contributed by atoms with Gasteiger partial charge in [-0.1, -0.05) is 30.3 Å². The molecule has 0 bridgehead atoms. The Bertz CT molecular complexity index is 624. The average molecular weight is 306 g/mol. The number of nitrogens with zero attached hydrogens (tertiary/aromatic N) is 2. The molecule has 1 atom stereocenters. The summed E-state index contributed by atoms with van der Waals surface area (Å²) in [4.78, 5) is 12.6. The van der Waals surface area contributed by atoms with Crippen LogP contribution >= 0.6 is 11.6 Å². The molecule has 0 spiro atoms. The Hall–Kier alpha value is -1.81. The number of halogens is 1. The van der Waals surface area contributed by atoms with E-state index in [1.54, 1.807) is 10.7 Å². The lowest BCUT2D eigenvalue weighted by molar-refractivity contribution is 0.0902. The van der Waals surface area contributed by atoms with Gasteiger partial charge in [0.25, 0.3) is 5.91 Å². The van der Waals surface area contributed by atoms with Gasteiger partial charge in [-0.3, -0.25) is 9.48 Å². The molecule has 0 aliphatic heterocycles. The highest BCUT2D eigenvalue weighted by Gasteiger charge is 2.29. The van der Waals surface area contributed by atoms with Gasteiger partial charge < -0.3 is 5.32 Å². The third-order valence-corrected chi connectivity index (χ3v) is 4.04. The zero-order valence-electron chi connectivity index (χ0n) is 12.6. The molecule has 2 aromatic rings. The smallest absolute Gasteiger partial charge is 0.270 e. The van der Waals surface area contributed by atoms with Gasteiger partial charge in [0.15, 0.2) is 0 Å². The van der Waals surface area contributed by atoms with Crippen molar-refractivity contribution in [2.75, 3.05) is 5.88 Å². The first-order valence-electron chi connectivity index (χ1n) is 6.98. The van der Waals surface area contributed by atoms with Crippen LogP contribution in [0.25, 0.3) is 0 Å². The predicted octanol–water partition coefficient (Wildman–Crippen LogP) is 3.10. The Labute approximate surface area is 130 Å². The molecule has 112 valence electrons. The highest BCUT2D eigenvalue weighted by molar-refractivity contribution is 6.18. The van der Waals surface area contributed by atoms with Crippen LogP contribution in [0.5, 0.6) is 0 Å². The zero-order chi connectivity index (χ0) is 15.5. The number of nitrogens with one attached hydrogen (secondary N) is 1. The molecule has 5 heteroatoms. The molecule has 0 fully saturated rings. The van der Waals surface area contributed by atoms with Gasteiger partial charge in [-0.25, -0.2) is 0 Å². The topological polar surface area (TPSA) is 46.9 Å². The van der Waals surface area contributed by atoms with E-state index in [1.165, 1.54) is 0 Å². The number of benzene rings is 1. The molecule has 0 aliphatic carbocycles. The molecule has 2 rings (SSSR count). The summed E-state index contributed by atoms with van der Waals surface area (Å²) in [6.07, 6.45) is 0. The lowest BCUT2D eigenvalue weighted by Crippen LogP contribution is -2.45. The summed E-state index contributed by atoms with van der Waals surface area (Å²) in [6, 6.07) is 11.5. The molecule has 0 aliphatic rings. The first-order valence-corrected chi connectivity index (χ1v) is 7.52. The van der Waals surface area contributed by atoms with Crippen molar-refractivity contribution in [2.24, 2.45) is 0 Å². The summed E-state index contributed by atoms with van der Waals surface area (Å²) < 4.78 is 1.70. The maximum absolute atomic E-state index is 12.6. The number of carbonyl (C=O) groups excluding carboxylic acids is 1. The fraction of sp³-hybridized carbons (Fsp3) is 0.375. The molecule has 1 unspecified atom stereocenters. The number of hydrogen-bond donors (Lipinski definition) is 1. The summed E-state index contributed by atoms with van der Waals surface area (Å²) in [5.74, 6) is 0.131. The van der Waals surface area contributed by atoms with Crippen LogP contribution in [0.3, 0.4) is 0 Å². The van der Waals surface area contributed by atoms with E-state index in [9.17, 15) is 4.79 Å². The molecule has 1 heterocycles. The summed E-state index contributed by atoms with van der Waals surface area (Å²) in [5.41, 5.74) is 1.75. The number of rotatable bonds is 5. The Morgan fingerprint density at radius 3 is 2.62 bits per heavy atom. The maximum Gasteiger partial charge on any atom is 0.270 e. The first-order chi connectivity index (χ1) is 10.00. The van der Waals surface area contributed by atoms with E-state index in [0.29, 0.717) is 18.1 Å². The van der Waals surface area contributed by atoms with Gasteiger partial charge in [0, 0.05) is 12.4 Å². The third kappa shape index (κ3) is 3.27. The van der Waals surface area contributed by atoms with E-state index in [0.717, 1.165) is 11.3 Å². The quantitative estimate of drug-likeness (QED) is 0.863. The van der Waals surface area contributed by atoms with Crippen molar-refractivity contribution in [3.8, 4) is 0 Å². The van der Waals surface area contributed by atoms with Crippen molar-refractivity contribution < 1.29 is 4.79 Å². The minimum Gasteiger partial charge on any atom is -0.340 e. The molecular formula is C16H20ClN3O. The van der Waals surface area contributed by atoms with Crippen LogP contribution in [-0.4, -0.2) is 21.6 Å². The van der Waals surface area contributed by atoms with Crippen LogP contribution in [0, 0.1) is 6.92 Å². The molecule has 0 saturated heterocycles. The summed E-state index contributed by atoms with van der Waals surface area (Å²) in [7, 11) is 0. The Balaban J connectivity index is 2.28. The van der Waals surface area contributed by atoms with Crippen LogP contribution in [0.2, 0.25) is 0 Å². The molecule has 1 aromatic carbocycles. The van der Waals surface area contributed by atoms with Gasteiger partial charge in [-0.15, -0.1) is 11.6 Å². The number of alkyl halides is 1. The van der Waals surface area contributed by atoms with E-state index in [1.807, 2.05) is 51.1 Å². The largest absolute Gasteiger partial charge is 0.340 e. The average Bonchev–Trinajstić information content (AvgIpc) is 2.89. The SMILES string of the molecule is CCn1nc(C)cc1C(=O)NC(C)(CCl)c1ccccc1. The van der Waals surface area contributed by atoms with E-state index in [2.05, 4.69) is 10.4 Å². The summed E-state index contributed by atoms with van der Waals surface area (Å²) >= 11 is 6.12. The standard InChI is InChI=1S/C16H20ClN3O/c1-4-20-14(10-12(2)19-20)15(21)18-16(3,11-17)13-8-6-5-7-9-13/h5-10H,4,11H2,1-3H3,(H,18,21). The second-order valence-electron chi connectivity index (χ2n) is 5.27. The first kappa shape index (κ1) is 15.6. The van der Waals surface area contributed by atoms with E-state index in [4.69, 9.17) is 11.6 Å². The molecule has 0 radical (unpaired) electrons. The number of aromatic nitrogens is 2. The van der Waals surface area contributed by atoms with Crippen molar-refractivity contribution in [3.05, 3.63) is 53.3 Å². The normalized spacial score (nSPS) is 13.7. The Morgan fingerprint density at radius 1 is 1.38 bits per heavy atom. The Kier molecular flexibility index (Phi) is 4.68. The van der Waals surface area contributed by atoms with Crippen LogP contribution in [0.1, 0.15) is 35.6 Å². The zero-order valence-corrected chi connectivity index (χ0v) is 13.3. The second kappa shape index (κ2) is 6.31. The van der Waals surface area contributed by atoms with Crippen molar-refractivity contribution in [1.29, 1.82) is 0 Å². The van der Waals surface area contributed by atoms with Crippen LogP contribution in [-0.2, 0) is 12.1 Å². The van der Waals surface area contributed by atoms with Crippen molar-refractivity contribution in [1.82, 2.24) is 15.1 Å². The van der Waals surface area contributed by atoms with E-state index >= 15 is 0 Å². The molecule has 21 heavy (non-hydrogen) atoms. The molecule has 4 nitrogen and oxygen atoms in total. The number of aryl methyl sites for hydroxylation is 2. The maximum atomic E-state index is 12.6. The molecule has 1 N–H and O–H groups in total. The van der Waals surface area contributed by atoms with Gasteiger partial charge in [0.2, 0.25) is 0 Å². The van der Waals surface area contributed by atoms with Crippen molar-refractivity contribution >= 4 is 17.5 Å². The van der Waals surface area contributed by atoms with Gasteiger partial charge in [0.05, 0.1) is 11.2 Å². The fourth-order valence-electron chi connectivity index (χ4n) is 2.27.